The molecule has 1 N–H and O–H groups in total. The minimum atomic E-state index is -0.416. The number of carbonyl (C=O) groups is 2. The highest BCUT2D eigenvalue weighted by Gasteiger charge is 2.25. The van der Waals surface area contributed by atoms with Crippen LogP contribution in [0.3, 0.4) is 0 Å². The van der Waals surface area contributed by atoms with Gasteiger partial charge < -0.3 is 15.0 Å². The molecule has 130 valence electrons. The zero-order valence-electron chi connectivity index (χ0n) is 13.9. The van der Waals surface area contributed by atoms with Crippen LogP contribution in [0.25, 0.3) is 0 Å². The molecule has 1 aliphatic heterocycles. The van der Waals surface area contributed by atoms with E-state index >= 15 is 0 Å². The first-order valence-electron chi connectivity index (χ1n) is 8.39. The van der Waals surface area contributed by atoms with Gasteiger partial charge in [0.25, 0.3) is 5.91 Å². The van der Waals surface area contributed by atoms with E-state index in [1.54, 1.807) is 29.4 Å². The zero-order valence-corrected chi connectivity index (χ0v) is 13.9. The molecule has 1 aliphatic rings. The van der Waals surface area contributed by atoms with E-state index in [4.69, 9.17) is 4.74 Å². The van der Waals surface area contributed by atoms with Gasteiger partial charge in [0.05, 0.1) is 5.56 Å². The first-order chi connectivity index (χ1) is 12.2. The van der Waals surface area contributed by atoms with Crippen molar-refractivity contribution in [3.8, 4) is 0 Å². The van der Waals surface area contributed by atoms with E-state index in [0.717, 1.165) is 5.56 Å². The Balaban J connectivity index is 1.41. The second-order valence-electron chi connectivity index (χ2n) is 6.01. The summed E-state index contributed by atoms with van der Waals surface area (Å²) in [7, 11) is 0. The summed E-state index contributed by atoms with van der Waals surface area (Å²) < 4.78 is 5.24. The maximum atomic E-state index is 12.4. The third kappa shape index (κ3) is 4.79. The van der Waals surface area contributed by atoms with Crippen molar-refractivity contribution in [1.29, 1.82) is 0 Å². The van der Waals surface area contributed by atoms with Gasteiger partial charge in [-0.05, 0) is 30.5 Å². The Bertz CT molecular complexity index is 698. The fourth-order valence-electron chi connectivity index (χ4n) is 2.83. The minimum Gasteiger partial charge on any atom is -0.445 e. The number of alkyl carbamates (subject to hydrolysis) is 1. The summed E-state index contributed by atoms with van der Waals surface area (Å²) in [6.07, 6.45) is 4.24. The van der Waals surface area contributed by atoms with E-state index in [1.807, 2.05) is 30.3 Å². The van der Waals surface area contributed by atoms with E-state index in [0.29, 0.717) is 31.5 Å². The number of piperidine rings is 1. The largest absolute Gasteiger partial charge is 0.445 e. The molecule has 1 aromatic carbocycles. The van der Waals surface area contributed by atoms with Crippen LogP contribution >= 0.6 is 0 Å². The Hall–Kier alpha value is -2.89. The van der Waals surface area contributed by atoms with Crippen LogP contribution in [0.4, 0.5) is 4.79 Å². The number of ether oxygens (including phenoxy) is 1. The van der Waals surface area contributed by atoms with Crippen LogP contribution in [0.15, 0.2) is 54.9 Å². The summed E-state index contributed by atoms with van der Waals surface area (Å²) in [6.45, 7) is 1.47. The Morgan fingerprint density at radius 1 is 1.12 bits per heavy atom. The highest BCUT2D eigenvalue weighted by Crippen LogP contribution is 2.14. The molecule has 0 unspecified atom stereocenters. The fourth-order valence-corrected chi connectivity index (χ4v) is 2.83. The lowest BCUT2D eigenvalue weighted by atomic mass is 10.0. The molecule has 1 fully saturated rings. The van der Waals surface area contributed by atoms with Crippen LogP contribution in [0.1, 0.15) is 28.8 Å². The van der Waals surface area contributed by atoms with Gasteiger partial charge in [-0.25, -0.2) is 4.79 Å². The van der Waals surface area contributed by atoms with Crippen molar-refractivity contribution in [3.63, 3.8) is 0 Å². The number of carbonyl (C=O) groups excluding carboxylic acids is 2. The topological polar surface area (TPSA) is 71.5 Å². The molecule has 0 atom stereocenters. The number of benzene rings is 1. The Kier molecular flexibility index (Phi) is 5.61. The lowest BCUT2D eigenvalue weighted by Gasteiger charge is -2.32. The number of amides is 2. The molecule has 0 spiro atoms. The molecule has 0 aliphatic carbocycles. The van der Waals surface area contributed by atoms with Gasteiger partial charge in [-0.3, -0.25) is 9.78 Å². The smallest absolute Gasteiger partial charge is 0.407 e. The molecule has 1 saturated heterocycles. The number of hydrogen-bond acceptors (Lipinski definition) is 4. The second kappa shape index (κ2) is 8.28. The predicted octanol–water partition coefficient (Wildman–Crippen LogP) is 2.61. The second-order valence-corrected chi connectivity index (χ2v) is 6.01. The molecule has 0 saturated carbocycles. The van der Waals surface area contributed by atoms with E-state index in [1.165, 1.54) is 0 Å². The van der Waals surface area contributed by atoms with Crippen LogP contribution < -0.4 is 5.32 Å². The molecule has 25 heavy (non-hydrogen) atoms. The van der Waals surface area contributed by atoms with Crippen molar-refractivity contribution in [2.24, 2.45) is 0 Å². The first kappa shape index (κ1) is 17.0. The summed E-state index contributed by atoms with van der Waals surface area (Å²) in [5, 5.41) is 2.88. The molecule has 1 aromatic heterocycles. The maximum absolute atomic E-state index is 12.4. The number of likely N-dealkylation sites (tertiary alicyclic amines) is 1. The van der Waals surface area contributed by atoms with Gasteiger partial charge in [0.2, 0.25) is 0 Å². The molecule has 6 nitrogen and oxygen atoms in total. The Morgan fingerprint density at radius 3 is 2.56 bits per heavy atom. The van der Waals surface area contributed by atoms with Crippen LogP contribution in [-0.2, 0) is 11.3 Å². The highest BCUT2D eigenvalue weighted by atomic mass is 16.5. The Morgan fingerprint density at radius 2 is 1.88 bits per heavy atom. The lowest BCUT2D eigenvalue weighted by molar-refractivity contribution is 0.0700. The molecule has 0 bridgehead atoms. The highest BCUT2D eigenvalue weighted by molar-refractivity contribution is 5.93. The number of pyridine rings is 1. The molecule has 2 aromatic rings. The summed E-state index contributed by atoms with van der Waals surface area (Å²) in [5.74, 6) is -0.0156. The maximum Gasteiger partial charge on any atom is 0.407 e. The molecular formula is C19H21N3O3. The number of aromatic nitrogens is 1. The van der Waals surface area contributed by atoms with Crippen molar-refractivity contribution in [1.82, 2.24) is 15.2 Å². The summed E-state index contributed by atoms with van der Waals surface area (Å²) in [6, 6.07) is 13.1. The molecule has 6 heteroatoms. The van der Waals surface area contributed by atoms with Crippen molar-refractivity contribution in [2.45, 2.75) is 25.5 Å². The molecule has 2 heterocycles. The van der Waals surface area contributed by atoms with E-state index < -0.39 is 6.09 Å². The van der Waals surface area contributed by atoms with Crippen molar-refractivity contribution >= 4 is 12.0 Å². The van der Waals surface area contributed by atoms with Gasteiger partial charge in [-0.15, -0.1) is 0 Å². The number of nitrogens with zero attached hydrogens (tertiary/aromatic N) is 2. The normalized spacial score (nSPS) is 14.8. The molecule has 3 rings (SSSR count). The summed E-state index contributed by atoms with van der Waals surface area (Å²) in [5.41, 5.74) is 1.55. The molecule has 2 amide bonds. The SMILES string of the molecule is O=C(NC1CCN(C(=O)c2cccnc2)CC1)OCc1ccccc1. The van der Waals surface area contributed by atoms with Crippen LogP contribution in [0.5, 0.6) is 0 Å². The number of rotatable bonds is 4. The third-order valence-corrected chi connectivity index (χ3v) is 4.23. The standard InChI is InChI=1S/C19H21N3O3/c23-18(16-7-4-10-20-13-16)22-11-8-17(9-12-22)21-19(24)25-14-15-5-2-1-3-6-15/h1-7,10,13,17H,8-9,11-12,14H2,(H,21,24). The van der Waals surface area contributed by atoms with E-state index in [2.05, 4.69) is 10.3 Å². The number of hydrogen-bond donors (Lipinski definition) is 1. The molecule has 0 radical (unpaired) electrons. The van der Waals surface area contributed by atoms with Crippen molar-refractivity contribution < 1.29 is 14.3 Å². The quantitative estimate of drug-likeness (QED) is 0.929. The van der Waals surface area contributed by atoms with E-state index in [-0.39, 0.29) is 18.6 Å². The molecular weight excluding hydrogens is 318 g/mol. The zero-order chi connectivity index (χ0) is 17.5. The van der Waals surface area contributed by atoms with Crippen molar-refractivity contribution in [2.75, 3.05) is 13.1 Å². The third-order valence-electron chi connectivity index (χ3n) is 4.23. The van der Waals surface area contributed by atoms with Gasteiger partial charge in [0, 0.05) is 31.5 Å². The summed E-state index contributed by atoms with van der Waals surface area (Å²) >= 11 is 0. The summed E-state index contributed by atoms with van der Waals surface area (Å²) in [4.78, 5) is 30.0. The average molecular weight is 339 g/mol. The van der Waals surface area contributed by atoms with Gasteiger partial charge in [-0.2, -0.15) is 0 Å². The van der Waals surface area contributed by atoms with Crippen molar-refractivity contribution in [3.05, 3.63) is 66.0 Å². The van der Waals surface area contributed by atoms with Gasteiger partial charge in [0.1, 0.15) is 6.61 Å². The van der Waals surface area contributed by atoms with E-state index in [9.17, 15) is 9.59 Å². The first-order valence-corrected chi connectivity index (χ1v) is 8.39. The fraction of sp³-hybridized carbons (Fsp3) is 0.316. The van der Waals surface area contributed by atoms with Gasteiger partial charge in [-0.1, -0.05) is 30.3 Å². The van der Waals surface area contributed by atoms with Gasteiger partial charge >= 0.3 is 6.09 Å². The predicted molar refractivity (Wildman–Crippen MR) is 92.9 cm³/mol. The lowest BCUT2D eigenvalue weighted by Crippen LogP contribution is -2.46. The number of nitrogens with one attached hydrogen (secondary N) is 1. The minimum absolute atomic E-state index is 0.0156. The average Bonchev–Trinajstić information content (AvgIpc) is 2.68. The van der Waals surface area contributed by atoms with Gasteiger partial charge in [0.15, 0.2) is 0 Å². The van der Waals surface area contributed by atoms with Crippen LogP contribution in [-0.4, -0.2) is 41.0 Å². The van der Waals surface area contributed by atoms with Crippen LogP contribution in [0.2, 0.25) is 0 Å². The monoisotopic (exact) mass is 339 g/mol. The van der Waals surface area contributed by atoms with Crippen LogP contribution in [0, 0.1) is 0 Å². The Labute approximate surface area is 146 Å².